The fourth-order valence-corrected chi connectivity index (χ4v) is 3.46. The van der Waals surface area contributed by atoms with Crippen molar-refractivity contribution >= 4 is 27.9 Å². The molecule has 1 fully saturated rings. The molecule has 27 heavy (non-hydrogen) atoms. The third kappa shape index (κ3) is 2.74. The van der Waals surface area contributed by atoms with Crippen molar-refractivity contribution in [1.82, 2.24) is 24.6 Å². The van der Waals surface area contributed by atoms with Crippen LogP contribution in [0.25, 0.3) is 27.8 Å². The maximum Gasteiger partial charge on any atom is 0.184 e. The van der Waals surface area contributed by atoms with Crippen LogP contribution in [0, 0.1) is 0 Å². The molecule has 0 radical (unpaired) electrons. The van der Waals surface area contributed by atoms with Crippen LogP contribution in [0.4, 0.5) is 11.5 Å². The van der Waals surface area contributed by atoms with Gasteiger partial charge in [-0.05, 0) is 18.2 Å². The van der Waals surface area contributed by atoms with Crippen LogP contribution in [0.3, 0.4) is 0 Å². The molecule has 136 valence electrons. The third-order valence-corrected chi connectivity index (χ3v) is 4.86. The lowest BCUT2D eigenvalue weighted by Crippen LogP contribution is -2.36. The Morgan fingerprint density at radius 1 is 1.07 bits per heavy atom. The molecule has 1 aliphatic rings. The van der Waals surface area contributed by atoms with E-state index in [0.717, 1.165) is 59.8 Å². The molecule has 0 aromatic carbocycles. The molecule has 1 N–H and O–H groups in total. The average Bonchev–Trinajstić information content (AvgIpc) is 3.16. The maximum atomic E-state index is 5.44. The van der Waals surface area contributed by atoms with Crippen molar-refractivity contribution in [3.63, 3.8) is 0 Å². The van der Waals surface area contributed by atoms with E-state index in [1.54, 1.807) is 6.20 Å². The Morgan fingerprint density at radius 3 is 2.81 bits per heavy atom. The molecular formula is C19H19N7O. The number of nitrogens with zero attached hydrogens (tertiary/aromatic N) is 6. The zero-order chi connectivity index (χ0) is 18.2. The number of pyridine rings is 3. The Kier molecular flexibility index (Phi) is 3.83. The zero-order valence-corrected chi connectivity index (χ0v) is 15.0. The molecule has 0 aliphatic carbocycles. The first-order chi connectivity index (χ1) is 13.3. The van der Waals surface area contributed by atoms with Crippen LogP contribution >= 0.6 is 0 Å². The second-order valence-electron chi connectivity index (χ2n) is 6.42. The molecule has 8 nitrogen and oxygen atoms in total. The summed E-state index contributed by atoms with van der Waals surface area (Å²) in [5.74, 6) is 1.45. The monoisotopic (exact) mass is 361 g/mol. The Morgan fingerprint density at radius 2 is 1.96 bits per heavy atom. The number of ether oxygens (including phenoxy) is 1. The predicted octanol–water partition coefficient (Wildman–Crippen LogP) is 2.22. The van der Waals surface area contributed by atoms with Crippen LogP contribution in [0.2, 0.25) is 0 Å². The van der Waals surface area contributed by atoms with Crippen molar-refractivity contribution in [2.75, 3.05) is 43.6 Å². The van der Waals surface area contributed by atoms with Crippen molar-refractivity contribution in [2.45, 2.75) is 0 Å². The van der Waals surface area contributed by atoms with Crippen molar-refractivity contribution in [3.8, 4) is 11.4 Å². The second-order valence-corrected chi connectivity index (χ2v) is 6.42. The van der Waals surface area contributed by atoms with Gasteiger partial charge >= 0.3 is 0 Å². The van der Waals surface area contributed by atoms with E-state index in [1.807, 2.05) is 42.3 Å². The molecule has 5 heterocycles. The highest BCUT2D eigenvalue weighted by atomic mass is 16.5. The highest BCUT2D eigenvalue weighted by Gasteiger charge is 2.15. The molecule has 0 bridgehead atoms. The lowest BCUT2D eigenvalue weighted by Gasteiger charge is -2.28. The van der Waals surface area contributed by atoms with Crippen LogP contribution in [0.15, 0.2) is 43.0 Å². The van der Waals surface area contributed by atoms with Gasteiger partial charge in [-0.2, -0.15) is 0 Å². The minimum atomic E-state index is 0.653. The standard InChI is InChI=1S/C19H19N7O/c1-20-18-15-10-21-5-4-14(15)16(11-22-18)19-23-17-3-2-13(12-26(17)24-19)25-6-8-27-9-7-25/h2-5,10-12H,6-9H2,1H3,(H,20,22). The van der Waals surface area contributed by atoms with Gasteiger partial charge in [-0.3, -0.25) is 4.98 Å². The molecule has 5 rings (SSSR count). The Bertz CT molecular complexity index is 1120. The summed E-state index contributed by atoms with van der Waals surface area (Å²) in [5, 5.41) is 9.79. The quantitative estimate of drug-likeness (QED) is 0.599. The summed E-state index contributed by atoms with van der Waals surface area (Å²) in [4.78, 5) is 15.7. The van der Waals surface area contributed by atoms with Gasteiger partial charge in [-0.25, -0.2) is 14.5 Å². The predicted molar refractivity (Wildman–Crippen MR) is 104 cm³/mol. The Labute approximate surface area is 155 Å². The first-order valence-corrected chi connectivity index (χ1v) is 8.93. The molecule has 0 atom stereocenters. The van der Waals surface area contributed by atoms with Gasteiger partial charge in [-0.1, -0.05) is 0 Å². The van der Waals surface area contributed by atoms with Gasteiger partial charge in [0.25, 0.3) is 0 Å². The van der Waals surface area contributed by atoms with E-state index >= 15 is 0 Å². The zero-order valence-electron chi connectivity index (χ0n) is 15.0. The van der Waals surface area contributed by atoms with E-state index < -0.39 is 0 Å². The summed E-state index contributed by atoms with van der Waals surface area (Å²) in [6.45, 7) is 3.29. The molecule has 0 unspecified atom stereocenters. The molecule has 4 aromatic rings. The summed E-state index contributed by atoms with van der Waals surface area (Å²) in [5.41, 5.74) is 2.82. The number of rotatable bonds is 3. The minimum Gasteiger partial charge on any atom is -0.378 e. The number of hydrogen-bond donors (Lipinski definition) is 1. The number of nitrogens with one attached hydrogen (secondary N) is 1. The lowest BCUT2D eigenvalue weighted by molar-refractivity contribution is 0.122. The van der Waals surface area contributed by atoms with Crippen LogP contribution in [-0.4, -0.2) is 57.9 Å². The Balaban J connectivity index is 1.60. The number of aromatic nitrogens is 5. The smallest absolute Gasteiger partial charge is 0.184 e. The molecule has 1 saturated heterocycles. The van der Waals surface area contributed by atoms with Gasteiger partial charge in [0.15, 0.2) is 11.5 Å². The first-order valence-electron chi connectivity index (χ1n) is 8.93. The molecule has 8 heteroatoms. The summed E-state index contributed by atoms with van der Waals surface area (Å²) >= 11 is 0. The van der Waals surface area contributed by atoms with E-state index in [4.69, 9.17) is 14.8 Å². The fraction of sp³-hybridized carbons (Fsp3) is 0.263. The highest BCUT2D eigenvalue weighted by Crippen LogP contribution is 2.29. The van der Waals surface area contributed by atoms with Gasteiger partial charge in [0.05, 0.1) is 25.1 Å². The van der Waals surface area contributed by atoms with E-state index in [1.165, 1.54) is 0 Å². The van der Waals surface area contributed by atoms with Crippen LogP contribution in [-0.2, 0) is 4.74 Å². The molecule has 0 amide bonds. The normalized spacial score (nSPS) is 14.8. The van der Waals surface area contributed by atoms with Gasteiger partial charge in [0.2, 0.25) is 0 Å². The van der Waals surface area contributed by atoms with Gasteiger partial charge in [0, 0.05) is 55.1 Å². The van der Waals surface area contributed by atoms with E-state index in [-0.39, 0.29) is 0 Å². The van der Waals surface area contributed by atoms with Crippen molar-refractivity contribution < 1.29 is 4.74 Å². The third-order valence-electron chi connectivity index (χ3n) is 4.86. The Hall–Kier alpha value is -3.26. The van der Waals surface area contributed by atoms with E-state index in [9.17, 15) is 0 Å². The minimum absolute atomic E-state index is 0.653. The summed E-state index contributed by atoms with van der Waals surface area (Å²) in [6, 6.07) is 6.06. The molecular weight excluding hydrogens is 342 g/mol. The molecule has 4 aromatic heterocycles. The summed E-state index contributed by atoms with van der Waals surface area (Å²) in [6.07, 6.45) is 7.42. The van der Waals surface area contributed by atoms with Gasteiger partial charge < -0.3 is 15.0 Å². The topological polar surface area (TPSA) is 80.5 Å². The number of morpholine rings is 1. The molecule has 0 saturated carbocycles. The van der Waals surface area contributed by atoms with Crippen LogP contribution in [0.5, 0.6) is 0 Å². The van der Waals surface area contributed by atoms with Crippen molar-refractivity contribution in [2.24, 2.45) is 0 Å². The SMILES string of the molecule is CNc1ncc(-c2nc3ccc(N4CCOCC4)cn3n2)c2ccncc12. The van der Waals surface area contributed by atoms with Crippen LogP contribution in [0.1, 0.15) is 0 Å². The molecule has 1 aliphatic heterocycles. The maximum absolute atomic E-state index is 5.44. The number of fused-ring (bicyclic) bond motifs is 2. The summed E-state index contributed by atoms with van der Waals surface area (Å²) in [7, 11) is 1.85. The largest absolute Gasteiger partial charge is 0.378 e. The van der Waals surface area contributed by atoms with Gasteiger partial charge in [-0.15, -0.1) is 5.10 Å². The van der Waals surface area contributed by atoms with E-state index in [2.05, 4.69) is 26.3 Å². The van der Waals surface area contributed by atoms with Gasteiger partial charge in [0.1, 0.15) is 5.82 Å². The first kappa shape index (κ1) is 16.0. The average molecular weight is 361 g/mol. The molecule has 0 spiro atoms. The summed E-state index contributed by atoms with van der Waals surface area (Å²) < 4.78 is 7.27. The van der Waals surface area contributed by atoms with Crippen LogP contribution < -0.4 is 10.2 Å². The van der Waals surface area contributed by atoms with E-state index in [0.29, 0.717) is 5.82 Å². The fourth-order valence-electron chi connectivity index (χ4n) is 3.46. The second kappa shape index (κ2) is 6.48. The van der Waals surface area contributed by atoms with Crippen molar-refractivity contribution in [3.05, 3.63) is 43.0 Å². The van der Waals surface area contributed by atoms with Crippen molar-refractivity contribution in [1.29, 1.82) is 0 Å². The number of anilines is 2. The number of hydrogen-bond acceptors (Lipinski definition) is 7. The lowest BCUT2D eigenvalue weighted by atomic mass is 10.1. The highest BCUT2D eigenvalue weighted by molar-refractivity contribution is 6.00.